The van der Waals surface area contributed by atoms with Crippen LogP contribution in [-0.4, -0.2) is 9.78 Å². The van der Waals surface area contributed by atoms with E-state index in [-0.39, 0.29) is 5.82 Å². The number of anilines is 1. The molecule has 17 heavy (non-hydrogen) atoms. The first-order chi connectivity index (χ1) is 8.11. The van der Waals surface area contributed by atoms with Crippen molar-refractivity contribution < 1.29 is 4.39 Å². The van der Waals surface area contributed by atoms with Gasteiger partial charge in [-0.3, -0.25) is 4.68 Å². The number of nitrogens with two attached hydrogens (primary N) is 1. The van der Waals surface area contributed by atoms with Crippen LogP contribution < -0.4 is 5.73 Å². The minimum atomic E-state index is -0.277. The standard InChI is InChI=1S/C13H16FN3/c1-3-4-13-11(8-17(2)16-13)10-7-9(14)5-6-12(10)15/h5-8H,3-4,15H2,1-2H3. The fraction of sp³-hybridized carbons (Fsp3) is 0.308. The van der Waals surface area contributed by atoms with E-state index in [1.807, 2.05) is 13.2 Å². The van der Waals surface area contributed by atoms with Crippen LogP contribution in [0.3, 0.4) is 0 Å². The lowest BCUT2D eigenvalue weighted by Crippen LogP contribution is -1.94. The molecule has 0 fully saturated rings. The lowest BCUT2D eigenvalue weighted by molar-refractivity contribution is 0.628. The number of aryl methyl sites for hydroxylation is 2. The monoisotopic (exact) mass is 233 g/mol. The molecular formula is C13H16FN3. The summed E-state index contributed by atoms with van der Waals surface area (Å²) in [5.41, 5.74) is 9.08. The summed E-state index contributed by atoms with van der Waals surface area (Å²) in [6.45, 7) is 2.09. The van der Waals surface area contributed by atoms with Crippen LogP contribution >= 0.6 is 0 Å². The average molecular weight is 233 g/mol. The van der Waals surface area contributed by atoms with Crippen LogP contribution in [0.25, 0.3) is 11.1 Å². The molecule has 2 N–H and O–H groups in total. The molecule has 2 rings (SSSR count). The van der Waals surface area contributed by atoms with Gasteiger partial charge in [0.2, 0.25) is 0 Å². The second kappa shape index (κ2) is 4.57. The highest BCUT2D eigenvalue weighted by molar-refractivity contribution is 5.77. The maximum absolute atomic E-state index is 13.3. The van der Waals surface area contributed by atoms with Crippen molar-refractivity contribution in [2.24, 2.45) is 7.05 Å². The Morgan fingerprint density at radius 2 is 2.12 bits per heavy atom. The van der Waals surface area contributed by atoms with E-state index in [1.165, 1.54) is 12.1 Å². The molecule has 2 aromatic rings. The molecular weight excluding hydrogens is 217 g/mol. The summed E-state index contributed by atoms with van der Waals surface area (Å²) in [7, 11) is 1.86. The molecule has 0 aliphatic carbocycles. The van der Waals surface area contributed by atoms with Gasteiger partial charge < -0.3 is 5.73 Å². The molecule has 90 valence electrons. The van der Waals surface area contributed by atoms with Gasteiger partial charge in [-0.1, -0.05) is 13.3 Å². The third-order valence-corrected chi connectivity index (χ3v) is 2.70. The lowest BCUT2D eigenvalue weighted by Gasteiger charge is -2.05. The molecule has 3 nitrogen and oxygen atoms in total. The number of aromatic nitrogens is 2. The van der Waals surface area contributed by atoms with E-state index in [2.05, 4.69) is 12.0 Å². The number of rotatable bonds is 3. The Kier molecular flexibility index (Phi) is 3.13. The lowest BCUT2D eigenvalue weighted by atomic mass is 10.0. The van der Waals surface area contributed by atoms with Crippen LogP contribution in [0.2, 0.25) is 0 Å². The zero-order valence-electron chi connectivity index (χ0n) is 10.1. The Labute approximate surface area is 100 Å². The summed E-state index contributed by atoms with van der Waals surface area (Å²) < 4.78 is 15.0. The second-order valence-electron chi connectivity index (χ2n) is 4.14. The predicted octanol–water partition coefficient (Wildman–Crippen LogP) is 2.76. The third kappa shape index (κ3) is 2.30. The summed E-state index contributed by atoms with van der Waals surface area (Å²) in [6.07, 6.45) is 3.75. The highest BCUT2D eigenvalue weighted by Gasteiger charge is 2.12. The molecule has 0 bridgehead atoms. The molecule has 0 unspecified atom stereocenters. The number of nitrogens with zero attached hydrogens (tertiary/aromatic N) is 2. The van der Waals surface area contributed by atoms with Crippen LogP contribution in [0.1, 0.15) is 19.0 Å². The van der Waals surface area contributed by atoms with Crippen LogP contribution in [0.5, 0.6) is 0 Å². The minimum absolute atomic E-state index is 0.277. The Hall–Kier alpha value is -1.84. The normalized spacial score (nSPS) is 10.8. The van der Waals surface area contributed by atoms with Crippen molar-refractivity contribution in [2.75, 3.05) is 5.73 Å². The Bertz CT molecular complexity index is 531. The molecule has 0 aliphatic rings. The van der Waals surface area contributed by atoms with Gasteiger partial charge in [0.25, 0.3) is 0 Å². The number of hydrogen-bond donors (Lipinski definition) is 1. The third-order valence-electron chi connectivity index (χ3n) is 2.70. The topological polar surface area (TPSA) is 43.8 Å². The molecule has 0 atom stereocenters. The number of benzene rings is 1. The predicted molar refractivity (Wildman–Crippen MR) is 67.0 cm³/mol. The van der Waals surface area contributed by atoms with E-state index in [4.69, 9.17) is 5.73 Å². The minimum Gasteiger partial charge on any atom is -0.398 e. The highest BCUT2D eigenvalue weighted by Crippen LogP contribution is 2.29. The van der Waals surface area contributed by atoms with E-state index < -0.39 is 0 Å². The van der Waals surface area contributed by atoms with E-state index in [1.54, 1.807) is 10.7 Å². The van der Waals surface area contributed by atoms with Crippen molar-refractivity contribution in [3.8, 4) is 11.1 Å². The van der Waals surface area contributed by atoms with Gasteiger partial charge in [-0.2, -0.15) is 5.10 Å². The molecule has 1 aromatic heterocycles. The Morgan fingerprint density at radius 3 is 2.82 bits per heavy atom. The summed E-state index contributed by atoms with van der Waals surface area (Å²) in [5, 5.41) is 4.39. The molecule has 4 heteroatoms. The number of nitrogen functional groups attached to an aromatic ring is 1. The maximum atomic E-state index is 13.3. The molecule has 0 saturated heterocycles. The highest BCUT2D eigenvalue weighted by atomic mass is 19.1. The molecule has 1 heterocycles. The molecule has 1 aromatic carbocycles. The first-order valence-corrected chi connectivity index (χ1v) is 5.69. The number of hydrogen-bond acceptors (Lipinski definition) is 2. The zero-order valence-corrected chi connectivity index (χ0v) is 10.1. The van der Waals surface area contributed by atoms with Gasteiger partial charge in [0.05, 0.1) is 5.69 Å². The van der Waals surface area contributed by atoms with Crippen molar-refractivity contribution in [3.05, 3.63) is 35.9 Å². The molecule has 0 radical (unpaired) electrons. The first kappa shape index (κ1) is 11.6. The van der Waals surface area contributed by atoms with E-state index in [0.717, 1.165) is 29.7 Å². The van der Waals surface area contributed by atoms with E-state index in [9.17, 15) is 4.39 Å². The molecule has 0 amide bonds. The average Bonchev–Trinajstić information content (AvgIpc) is 2.64. The fourth-order valence-corrected chi connectivity index (χ4v) is 1.94. The van der Waals surface area contributed by atoms with Crippen LogP contribution in [0.15, 0.2) is 24.4 Å². The first-order valence-electron chi connectivity index (χ1n) is 5.69. The van der Waals surface area contributed by atoms with E-state index >= 15 is 0 Å². The van der Waals surface area contributed by atoms with Gasteiger partial charge in [0.15, 0.2) is 0 Å². The van der Waals surface area contributed by atoms with Gasteiger partial charge in [-0.15, -0.1) is 0 Å². The second-order valence-corrected chi connectivity index (χ2v) is 4.14. The molecule has 0 spiro atoms. The summed E-state index contributed by atoms with van der Waals surface area (Å²) in [5.74, 6) is -0.277. The summed E-state index contributed by atoms with van der Waals surface area (Å²) in [6, 6.07) is 4.42. The Balaban J connectivity index is 2.55. The SMILES string of the molecule is CCCc1nn(C)cc1-c1cc(F)ccc1N. The van der Waals surface area contributed by atoms with Crippen molar-refractivity contribution in [1.82, 2.24) is 9.78 Å². The quantitative estimate of drug-likeness (QED) is 0.828. The Morgan fingerprint density at radius 1 is 1.35 bits per heavy atom. The largest absolute Gasteiger partial charge is 0.398 e. The van der Waals surface area contributed by atoms with Crippen LogP contribution in [0.4, 0.5) is 10.1 Å². The zero-order chi connectivity index (χ0) is 12.4. The van der Waals surface area contributed by atoms with Gasteiger partial charge in [-0.25, -0.2) is 4.39 Å². The molecule has 0 saturated carbocycles. The van der Waals surface area contributed by atoms with Crippen molar-refractivity contribution >= 4 is 5.69 Å². The maximum Gasteiger partial charge on any atom is 0.123 e. The van der Waals surface area contributed by atoms with Gasteiger partial charge in [-0.05, 0) is 24.6 Å². The smallest absolute Gasteiger partial charge is 0.123 e. The van der Waals surface area contributed by atoms with Gasteiger partial charge in [0.1, 0.15) is 5.82 Å². The number of halogens is 1. The summed E-state index contributed by atoms with van der Waals surface area (Å²) in [4.78, 5) is 0. The van der Waals surface area contributed by atoms with Gasteiger partial charge >= 0.3 is 0 Å². The fourth-order valence-electron chi connectivity index (χ4n) is 1.94. The van der Waals surface area contributed by atoms with E-state index in [0.29, 0.717) is 5.69 Å². The van der Waals surface area contributed by atoms with Crippen LogP contribution in [-0.2, 0) is 13.5 Å². The van der Waals surface area contributed by atoms with Crippen LogP contribution in [0, 0.1) is 5.82 Å². The van der Waals surface area contributed by atoms with Crippen molar-refractivity contribution in [1.29, 1.82) is 0 Å². The molecule has 0 aliphatic heterocycles. The van der Waals surface area contributed by atoms with Crippen molar-refractivity contribution in [3.63, 3.8) is 0 Å². The van der Waals surface area contributed by atoms with Crippen molar-refractivity contribution in [2.45, 2.75) is 19.8 Å². The summed E-state index contributed by atoms with van der Waals surface area (Å²) >= 11 is 0. The van der Waals surface area contributed by atoms with Gasteiger partial charge in [0, 0.05) is 30.1 Å².